The van der Waals surface area contributed by atoms with E-state index in [1.807, 2.05) is 0 Å². The van der Waals surface area contributed by atoms with Gasteiger partial charge in [-0.05, 0) is 44.9 Å². The molecule has 0 spiro atoms. The lowest BCUT2D eigenvalue weighted by Gasteiger charge is -2.18. The molecule has 0 aromatic carbocycles. The van der Waals surface area contributed by atoms with E-state index in [0.717, 1.165) is 64.2 Å². The topological polar surface area (TPSA) is 78.9 Å². The third-order valence-electron chi connectivity index (χ3n) is 13.3. The van der Waals surface area contributed by atoms with E-state index in [0.29, 0.717) is 19.3 Å². The van der Waals surface area contributed by atoms with Crippen LogP contribution in [0.3, 0.4) is 0 Å². The SMILES string of the molecule is CCCCCCCCCC/C=C\CCCCCCCCCCCC(=O)OCC(COC(=O)CCCCCCC)OC(=O)CCCCCCCCCCCCCCCCCCCCCCC. The second kappa shape index (κ2) is 54.8. The van der Waals surface area contributed by atoms with Gasteiger partial charge in [0.1, 0.15) is 13.2 Å². The van der Waals surface area contributed by atoms with Crippen LogP contribution in [-0.2, 0) is 28.6 Å². The summed E-state index contributed by atoms with van der Waals surface area (Å²) in [7, 11) is 0. The average molecular weight is 918 g/mol. The van der Waals surface area contributed by atoms with Gasteiger partial charge in [0.2, 0.25) is 0 Å². The number of hydrogen-bond donors (Lipinski definition) is 0. The summed E-state index contributed by atoms with van der Waals surface area (Å²) in [4.78, 5) is 37.8. The fraction of sp³-hybridized carbons (Fsp3) is 0.915. The number of hydrogen-bond acceptors (Lipinski definition) is 6. The molecule has 0 aliphatic rings. The summed E-state index contributed by atoms with van der Waals surface area (Å²) in [5.41, 5.74) is 0. The molecule has 0 amide bonds. The van der Waals surface area contributed by atoms with Crippen LogP contribution < -0.4 is 0 Å². The lowest BCUT2D eigenvalue weighted by Crippen LogP contribution is -2.30. The van der Waals surface area contributed by atoms with E-state index in [-0.39, 0.29) is 31.1 Å². The molecule has 0 aromatic heterocycles. The van der Waals surface area contributed by atoms with Crippen molar-refractivity contribution in [2.75, 3.05) is 13.2 Å². The predicted octanol–water partition coefficient (Wildman–Crippen LogP) is 19.3. The van der Waals surface area contributed by atoms with Crippen LogP contribution in [0, 0.1) is 0 Å². The smallest absolute Gasteiger partial charge is 0.306 e. The van der Waals surface area contributed by atoms with Gasteiger partial charge in [-0.25, -0.2) is 0 Å². The lowest BCUT2D eigenvalue weighted by molar-refractivity contribution is -0.167. The maximum absolute atomic E-state index is 12.8. The Morgan fingerprint density at radius 1 is 0.292 bits per heavy atom. The van der Waals surface area contributed by atoms with Gasteiger partial charge in [-0.1, -0.05) is 277 Å². The maximum Gasteiger partial charge on any atom is 0.306 e. The summed E-state index contributed by atoms with van der Waals surface area (Å²) in [6.07, 6.45) is 62.5. The molecule has 1 atom stereocenters. The molecular weight excluding hydrogens is 805 g/mol. The summed E-state index contributed by atoms with van der Waals surface area (Å²) < 4.78 is 16.7. The molecule has 0 heterocycles. The largest absolute Gasteiger partial charge is 0.462 e. The van der Waals surface area contributed by atoms with Gasteiger partial charge >= 0.3 is 17.9 Å². The molecule has 0 N–H and O–H groups in total. The molecule has 0 fully saturated rings. The minimum Gasteiger partial charge on any atom is -0.462 e. The van der Waals surface area contributed by atoms with Crippen LogP contribution in [0.1, 0.15) is 329 Å². The third kappa shape index (κ3) is 53.0. The first-order valence-corrected chi connectivity index (χ1v) is 29.2. The maximum atomic E-state index is 12.8. The zero-order valence-electron chi connectivity index (χ0n) is 44.0. The Bertz CT molecular complexity index is 1010. The second-order valence-corrected chi connectivity index (χ2v) is 19.9. The summed E-state index contributed by atoms with van der Waals surface area (Å²) >= 11 is 0. The first-order chi connectivity index (χ1) is 32.0. The molecule has 0 aromatic rings. The third-order valence-corrected chi connectivity index (χ3v) is 13.3. The Balaban J connectivity index is 4.04. The van der Waals surface area contributed by atoms with Crippen molar-refractivity contribution in [3.8, 4) is 0 Å². The number of carbonyl (C=O) groups is 3. The van der Waals surface area contributed by atoms with E-state index in [1.54, 1.807) is 0 Å². The highest BCUT2D eigenvalue weighted by molar-refractivity contribution is 5.71. The van der Waals surface area contributed by atoms with Gasteiger partial charge in [-0.3, -0.25) is 14.4 Å². The zero-order chi connectivity index (χ0) is 47.2. The van der Waals surface area contributed by atoms with Crippen molar-refractivity contribution in [3.05, 3.63) is 12.2 Å². The minimum absolute atomic E-state index is 0.0668. The Morgan fingerprint density at radius 2 is 0.508 bits per heavy atom. The number of carbonyl (C=O) groups excluding carboxylic acids is 3. The Labute approximate surface area is 405 Å². The first-order valence-electron chi connectivity index (χ1n) is 29.2. The molecule has 0 aliphatic heterocycles. The summed E-state index contributed by atoms with van der Waals surface area (Å²) in [6.45, 7) is 6.61. The standard InChI is InChI=1S/C59H112O6/c1-4-7-10-13-15-17-19-21-23-25-27-29-31-33-35-37-39-41-43-46-49-52-58(61)64-55-56(54-63-57(60)51-48-45-12-9-6-3)65-59(62)53-50-47-44-42-40-38-36-34-32-30-28-26-24-22-20-18-16-14-11-8-5-2/h25,27,56H,4-24,26,28-55H2,1-3H3/b27-25-. The second-order valence-electron chi connectivity index (χ2n) is 19.9. The van der Waals surface area contributed by atoms with Gasteiger partial charge in [0.05, 0.1) is 0 Å². The molecule has 65 heavy (non-hydrogen) atoms. The van der Waals surface area contributed by atoms with E-state index < -0.39 is 6.10 Å². The van der Waals surface area contributed by atoms with Crippen LogP contribution in [0.2, 0.25) is 0 Å². The van der Waals surface area contributed by atoms with Crippen LogP contribution >= 0.6 is 0 Å². The van der Waals surface area contributed by atoms with Gasteiger partial charge in [-0.2, -0.15) is 0 Å². The first kappa shape index (κ1) is 63.1. The lowest BCUT2D eigenvalue weighted by atomic mass is 10.0. The minimum atomic E-state index is -0.763. The van der Waals surface area contributed by atoms with Crippen molar-refractivity contribution < 1.29 is 28.6 Å². The van der Waals surface area contributed by atoms with Gasteiger partial charge in [0, 0.05) is 19.3 Å². The fourth-order valence-corrected chi connectivity index (χ4v) is 8.85. The molecule has 0 saturated carbocycles. The van der Waals surface area contributed by atoms with Crippen molar-refractivity contribution in [1.29, 1.82) is 0 Å². The summed E-state index contributed by atoms with van der Waals surface area (Å²) in [5, 5.41) is 0. The van der Waals surface area contributed by atoms with E-state index in [2.05, 4.69) is 32.9 Å². The van der Waals surface area contributed by atoms with E-state index in [1.165, 1.54) is 225 Å². The number of esters is 3. The Kier molecular flexibility index (Phi) is 53.2. The highest BCUT2D eigenvalue weighted by Crippen LogP contribution is 2.17. The molecule has 0 radical (unpaired) electrons. The molecule has 0 rings (SSSR count). The quantitative estimate of drug-likeness (QED) is 0.0262. The van der Waals surface area contributed by atoms with Crippen molar-refractivity contribution in [2.45, 2.75) is 335 Å². The molecule has 0 saturated heterocycles. The molecule has 6 heteroatoms. The van der Waals surface area contributed by atoms with Crippen LogP contribution in [0.4, 0.5) is 0 Å². The van der Waals surface area contributed by atoms with Crippen molar-refractivity contribution in [2.24, 2.45) is 0 Å². The van der Waals surface area contributed by atoms with Crippen LogP contribution in [0.5, 0.6) is 0 Å². The number of rotatable bonds is 54. The van der Waals surface area contributed by atoms with Crippen molar-refractivity contribution in [1.82, 2.24) is 0 Å². The van der Waals surface area contributed by atoms with Crippen molar-refractivity contribution in [3.63, 3.8) is 0 Å². The van der Waals surface area contributed by atoms with Crippen LogP contribution in [-0.4, -0.2) is 37.2 Å². The average Bonchev–Trinajstić information content (AvgIpc) is 3.30. The summed E-state index contributed by atoms with van der Waals surface area (Å²) in [5.74, 6) is -0.861. The highest BCUT2D eigenvalue weighted by atomic mass is 16.6. The molecule has 1 unspecified atom stereocenters. The predicted molar refractivity (Wildman–Crippen MR) is 280 cm³/mol. The molecular formula is C59H112O6. The molecule has 0 bridgehead atoms. The number of unbranched alkanes of at least 4 members (excludes halogenated alkanes) is 41. The highest BCUT2D eigenvalue weighted by Gasteiger charge is 2.19. The Hall–Kier alpha value is -1.85. The van der Waals surface area contributed by atoms with Crippen LogP contribution in [0.25, 0.3) is 0 Å². The van der Waals surface area contributed by atoms with E-state index >= 15 is 0 Å². The van der Waals surface area contributed by atoms with Gasteiger partial charge in [0.25, 0.3) is 0 Å². The van der Waals surface area contributed by atoms with E-state index in [9.17, 15) is 14.4 Å². The fourth-order valence-electron chi connectivity index (χ4n) is 8.85. The summed E-state index contributed by atoms with van der Waals surface area (Å²) in [6, 6.07) is 0. The monoisotopic (exact) mass is 917 g/mol. The van der Waals surface area contributed by atoms with Gasteiger partial charge in [0.15, 0.2) is 6.10 Å². The van der Waals surface area contributed by atoms with Gasteiger partial charge < -0.3 is 14.2 Å². The van der Waals surface area contributed by atoms with Crippen LogP contribution in [0.15, 0.2) is 12.2 Å². The normalized spacial score (nSPS) is 12.0. The number of allylic oxidation sites excluding steroid dienone is 2. The van der Waals surface area contributed by atoms with Crippen molar-refractivity contribution >= 4 is 17.9 Å². The number of ether oxygens (including phenoxy) is 3. The molecule has 384 valence electrons. The zero-order valence-corrected chi connectivity index (χ0v) is 44.0. The molecule has 6 nitrogen and oxygen atoms in total. The van der Waals surface area contributed by atoms with E-state index in [4.69, 9.17) is 14.2 Å². The Morgan fingerprint density at radius 3 is 0.769 bits per heavy atom. The van der Waals surface area contributed by atoms with Gasteiger partial charge in [-0.15, -0.1) is 0 Å². The molecule has 0 aliphatic carbocycles.